The van der Waals surface area contributed by atoms with Gasteiger partial charge in [0, 0.05) is 12.2 Å². The summed E-state index contributed by atoms with van der Waals surface area (Å²) >= 11 is 1.46. The Morgan fingerprint density at radius 2 is 1.54 bits per heavy atom. The Labute approximate surface area is 220 Å². The number of fused-ring (bicyclic) bond motifs is 1. The predicted molar refractivity (Wildman–Crippen MR) is 146 cm³/mol. The minimum absolute atomic E-state index is 0.0942. The SMILES string of the molecule is CC1=C(C(=O)OCc2ccccc2)[C@@H](c2ccccc2)N2C(CC(=O)NCc3ccccc3)=CSC2=N1. The lowest BCUT2D eigenvalue weighted by molar-refractivity contribution is -0.141. The average molecular weight is 510 g/mol. The summed E-state index contributed by atoms with van der Waals surface area (Å²) in [7, 11) is 0. The number of nitrogens with zero attached hydrogens (tertiary/aromatic N) is 2. The molecule has 3 aromatic carbocycles. The molecule has 0 fully saturated rings. The van der Waals surface area contributed by atoms with E-state index in [9.17, 15) is 9.59 Å². The molecular weight excluding hydrogens is 482 g/mol. The molecule has 7 heteroatoms. The second-order valence-corrected chi connectivity index (χ2v) is 9.64. The number of aliphatic imine (C=N–C) groups is 1. The molecule has 5 rings (SSSR count). The van der Waals surface area contributed by atoms with Crippen LogP contribution in [0.1, 0.15) is 36.1 Å². The minimum atomic E-state index is -0.444. The number of hydrogen-bond donors (Lipinski definition) is 1. The number of amidine groups is 1. The molecule has 186 valence electrons. The summed E-state index contributed by atoms with van der Waals surface area (Å²) in [6.45, 7) is 2.47. The van der Waals surface area contributed by atoms with Crippen LogP contribution in [-0.4, -0.2) is 21.9 Å². The Bertz CT molecular complexity index is 1370. The Kier molecular flexibility index (Phi) is 7.51. The van der Waals surface area contributed by atoms with Crippen LogP contribution < -0.4 is 5.32 Å². The number of carbonyl (C=O) groups excluding carboxylic acids is 2. The first-order valence-electron chi connectivity index (χ1n) is 12.1. The lowest BCUT2D eigenvalue weighted by Gasteiger charge is -2.36. The summed E-state index contributed by atoms with van der Waals surface area (Å²) in [5.74, 6) is -0.508. The Hall–Kier alpha value is -4.10. The second-order valence-electron chi connectivity index (χ2n) is 8.80. The van der Waals surface area contributed by atoms with Gasteiger partial charge >= 0.3 is 5.97 Å². The quantitative estimate of drug-likeness (QED) is 0.394. The second kappa shape index (κ2) is 11.3. The van der Waals surface area contributed by atoms with Gasteiger partial charge < -0.3 is 15.0 Å². The number of benzene rings is 3. The van der Waals surface area contributed by atoms with Crippen LogP contribution in [0.4, 0.5) is 0 Å². The highest BCUT2D eigenvalue weighted by molar-refractivity contribution is 8.16. The van der Waals surface area contributed by atoms with Crippen LogP contribution in [-0.2, 0) is 27.5 Å². The Balaban J connectivity index is 1.38. The minimum Gasteiger partial charge on any atom is -0.457 e. The van der Waals surface area contributed by atoms with E-state index in [2.05, 4.69) is 5.32 Å². The van der Waals surface area contributed by atoms with Crippen LogP contribution in [0.5, 0.6) is 0 Å². The van der Waals surface area contributed by atoms with Crippen molar-refractivity contribution in [1.82, 2.24) is 10.2 Å². The summed E-state index contributed by atoms with van der Waals surface area (Å²) in [6, 6.07) is 28.8. The average Bonchev–Trinajstić information content (AvgIpc) is 3.33. The van der Waals surface area contributed by atoms with Gasteiger partial charge in [0.05, 0.1) is 23.7 Å². The fourth-order valence-corrected chi connectivity index (χ4v) is 5.37. The lowest BCUT2D eigenvalue weighted by Crippen LogP contribution is -2.38. The summed E-state index contributed by atoms with van der Waals surface area (Å²) in [5, 5.41) is 5.69. The molecule has 1 N–H and O–H groups in total. The first kappa shape index (κ1) is 24.6. The predicted octanol–water partition coefficient (Wildman–Crippen LogP) is 5.71. The highest BCUT2D eigenvalue weighted by Crippen LogP contribution is 2.44. The van der Waals surface area contributed by atoms with E-state index in [-0.39, 0.29) is 18.9 Å². The number of carbonyl (C=O) groups is 2. The third-order valence-corrected chi connectivity index (χ3v) is 7.11. The fraction of sp³-hybridized carbons (Fsp3) is 0.167. The standard InChI is InChI=1S/C30H27N3O3S/c1-21-27(29(35)36-19-23-13-7-3-8-14-23)28(24-15-9-4-10-16-24)33-25(20-37-30(33)32-21)17-26(34)31-18-22-11-5-2-6-12-22/h2-16,20,28H,17-19H2,1H3,(H,31,34)/t28-/m1/s1. The number of ether oxygens (including phenoxy) is 1. The van der Waals surface area contributed by atoms with E-state index in [4.69, 9.17) is 9.73 Å². The van der Waals surface area contributed by atoms with E-state index >= 15 is 0 Å². The molecule has 1 atom stereocenters. The Morgan fingerprint density at radius 3 is 2.22 bits per heavy atom. The fourth-order valence-electron chi connectivity index (χ4n) is 4.41. The largest absolute Gasteiger partial charge is 0.457 e. The van der Waals surface area contributed by atoms with E-state index in [1.54, 1.807) is 0 Å². The van der Waals surface area contributed by atoms with Gasteiger partial charge in [0.25, 0.3) is 0 Å². The zero-order valence-electron chi connectivity index (χ0n) is 20.5. The molecule has 0 saturated heterocycles. The maximum atomic E-state index is 13.5. The zero-order valence-corrected chi connectivity index (χ0v) is 21.3. The van der Waals surface area contributed by atoms with Gasteiger partial charge in [-0.05, 0) is 29.0 Å². The number of thioether (sulfide) groups is 1. The number of hydrogen-bond acceptors (Lipinski definition) is 6. The summed E-state index contributed by atoms with van der Waals surface area (Å²) in [6.07, 6.45) is 0.174. The van der Waals surface area contributed by atoms with Crippen molar-refractivity contribution in [3.8, 4) is 0 Å². The van der Waals surface area contributed by atoms with Gasteiger partial charge in [-0.3, -0.25) is 4.79 Å². The molecule has 0 bridgehead atoms. The van der Waals surface area contributed by atoms with Gasteiger partial charge in [-0.2, -0.15) is 0 Å². The van der Waals surface area contributed by atoms with Crippen LogP contribution in [0.2, 0.25) is 0 Å². The van der Waals surface area contributed by atoms with Crippen LogP contribution in [0.3, 0.4) is 0 Å². The van der Waals surface area contributed by atoms with E-state index in [0.717, 1.165) is 27.6 Å². The smallest absolute Gasteiger partial charge is 0.338 e. The molecule has 0 spiro atoms. The first-order chi connectivity index (χ1) is 18.1. The highest BCUT2D eigenvalue weighted by Gasteiger charge is 2.41. The maximum absolute atomic E-state index is 13.5. The third kappa shape index (κ3) is 5.67. The van der Waals surface area contributed by atoms with Crippen molar-refractivity contribution >= 4 is 28.8 Å². The number of esters is 1. The number of amides is 1. The summed E-state index contributed by atoms with van der Waals surface area (Å²) in [5.41, 5.74) is 4.77. The van der Waals surface area contributed by atoms with Gasteiger partial charge in [-0.15, -0.1) is 0 Å². The Morgan fingerprint density at radius 1 is 0.919 bits per heavy atom. The van der Waals surface area contributed by atoms with Gasteiger partial charge in [0.15, 0.2) is 5.17 Å². The molecule has 0 saturated carbocycles. The molecule has 0 unspecified atom stereocenters. The molecule has 1 amide bonds. The monoisotopic (exact) mass is 509 g/mol. The van der Waals surface area contributed by atoms with Gasteiger partial charge in [0.2, 0.25) is 5.91 Å². The third-order valence-electron chi connectivity index (χ3n) is 6.22. The molecule has 2 heterocycles. The van der Waals surface area contributed by atoms with Crippen molar-refractivity contribution in [3.05, 3.63) is 130 Å². The van der Waals surface area contributed by atoms with E-state index in [1.165, 1.54) is 11.8 Å². The highest BCUT2D eigenvalue weighted by atomic mass is 32.2. The topological polar surface area (TPSA) is 71.0 Å². The summed E-state index contributed by atoms with van der Waals surface area (Å²) < 4.78 is 5.74. The number of allylic oxidation sites excluding steroid dienone is 1. The molecule has 2 aliphatic rings. The van der Waals surface area contributed by atoms with Crippen molar-refractivity contribution in [2.24, 2.45) is 4.99 Å². The van der Waals surface area contributed by atoms with Gasteiger partial charge in [0.1, 0.15) is 6.61 Å². The van der Waals surface area contributed by atoms with E-state index < -0.39 is 12.0 Å². The van der Waals surface area contributed by atoms with Crippen molar-refractivity contribution in [1.29, 1.82) is 0 Å². The van der Waals surface area contributed by atoms with E-state index in [1.807, 2.05) is 108 Å². The molecular formula is C30H27N3O3S. The van der Waals surface area contributed by atoms with Crippen molar-refractivity contribution in [2.45, 2.75) is 32.5 Å². The van der Waals surface area contributed by atoms with Gasteiger partial charge in [-0.1, -0.05) is 103 Å². The molecule has 6 nitrogen and oxygen atoms in total. The molecule has 0 aliphatic carbocycles. The molecule has 3 aromatic rings. The maximum Gasteiger partial charge on any atom is 0.338 e. The lowest BCUT2D eigenvalue weighted by atomic mass is 9.94. The number of rotatable bonds is 8. The van der Waals surface area contributed by atoms with Crippen LogP contribution in [0.15, 0.2) is 118 Å². The molecule has 37 heavy (non-hydrogen) atoms. The van der Waals surface area contributed by atoms with Crippen LogP contribution in [0, 0.1) is 0 Å². The number of nitrogens with one attached hydrogen (secondary N) is 1. The van der Waals surface area contributed by atoms with Crippen molar-refractivity contribution in [3.63, 3.8) is 0 Å². The van der Waals surface area contributed by atoms with E-state index in [0.29, 0.717) is 17.8 Å². The van der Waals surface area contributed by atoms with Gasteiger partial charge in [-0.25, -0.2) is 9.79 Å². The van der Waals surface area contributed by atoms with Crippen molar-refractivity contribution < 1.29 is 14.3 Å². The van der Waals surface area contributed by atoms with Crippen molar-refractivity contribution in [2.75, 3.05) is 0 Å². The van der Waals surface area contributed by atoms with Crippen LogP contribution >= 0.6 is 11.8 Å². The molecule has 0 aromatic heterocycles. The van der Waals surface area contributed by atoms with Crippen LogP contribution in [0.25, 0.3) is 0 Å². The first-order valence-corrected chi connectivity index (χ1v) is 13.0. The molecule has 0 radical (unpaired) electrons. The zero-order chi connectivity index (χ0) is 25.6. The summed E-state index contributed by atoms with van der Waals surface area (Å²) in [4.78, 5) is 33.1. The normalized spacial score (nSPS) is 16.6. The molecule has 2 aliphatic heterocycles.